The first-order valence-electron chi connectivity index (χ1n) is 6.83. The van der Waals surface area contributed by atoms with Gasteiger partial charge in [-0.2, -0.15) is 0 Å². The molecule has 0 unspecified atom stereocenters. The van der Waals surface area contributed by atoms with E-state index in [4.69, 9.17) is 0 Å². The summed E-state index contributed by atoms with van der Waals surface area (Å²) in [6, 6.07) is 7.77. The van der Waals surface area contributed by atoms with Crippen molar-refractivity contribution in [1.29, 1.82) is 0 Å². The Morgan fingerprint density at radius 3 is 2.90 bits per heavy atom. The number of carbonyl (C=O) groups is 1. The molecule has 0 bridgehead atoms. The number of aromatic nitrogens is 2. The normalized spacial score (nSPS) is 14.1. The summed E-state index contributed by atoms with van der Waals surface area (Å²) in [4.78, 5) is 16.0. The van der Waals surface area contributed by atoms with E-state index in [1.165, 1.54) is 0 Å². The maximum atomic E-state index is 11.7. The van der Waals surface area contributed by atoms with E-state index < -0.39 is 0 Å². The molecule has 104 valence electrons. The van der Waals surface area contributed by atoms with Gasteiger partial charge in [-0.3, -0.25) is 4.79 Å². The number of carbonyl (C=O) groups excluding carboxylic acids is 1. The zero-order valence-corrected chi connectivity index (χ0v) is 11.5. The molecule has 2 N–H and O–H groups in total. The average Bonchev–Trinajstić information content (AvgIpc) is 3.21. The summed E-state index contributed by atoms with van der Waals surface area (Å²) in [7, 11) is 1.97. The van der Waals surface area contributed by atoms with E-state index in [0.717, 1.165) is 30.0 Å². The lowest BCUT2D eigenvalue weighted by atomic mass is 10.2. The predicted molar refractivity (Wildman–Crippen MR) is 78.3 cm³/mol. The van der Waals surface area contributed by atoms with Crippen molar-refractivity contribution in [3.63, 3.8) is 0 Å². The highest BCUT2D eigenvalue weighted by Crippen LogP contribution is 2.30. The Kier molecular flexibility index (Phi) is 3.41. The molecule has 1 amide bonds. The second kappa shape index (κ2) is 5.36. The van der Waals surface area contributed by atoms with Crippen LogP contribution in [0.1, 0.15) is 18.7 Å². The Hall–Kier alpha value is -2.30. The zero-order valence-electron chi connectivity index (χ0n) is 11.5. The highest BCUT2D eigenvalue weighted by molar-refractivity contribution is 5.94. The monoisotopic (exact) mass is 270 g/mol. The molecule has 5 nitrogen and oxygen atoms in total. The molecule has 0 saturated heterocycles. The van der Waals surface area contributed by atoms with Crippen LogP contribution in [0.3, 0.4) is 0 Å². The van der Waals surface area contributed by atoms with Gasteiger partial charge in [-0.1, -0.05) is 6.07 Å². The minimum absolute atomic E-state index is 0.131. The molecule has 3 rings (SSSR count). The number of amides is 1. The molecule has 1 saturated carbocycles. The van der Waals surface area contributed by atoms with Gasteiger partial charge in [0, 0.05) is 36.7 Å². The first kappa shape index (κ1) is 12.7. The van der Waals surface area contributed by atoms with Crippen molar-refractivity contribution in [2.24, 2.45) is 13.0 Å². The molecule has 2 aromatic rings. The summed E-state index contributed by atoms with van der Waals surface area (Å²) < 4.78 is 1.98. The van der Waals surface area contributed by atoms with Gasteiger partial charge in [0.05, 0.1) is 6.54 Å². The SMILES string of the molecule is Cn1ccnc1CNc1cccc(NC(=O)C2CC2)c1. The van der Waals surface area contributed by atoms with E-state index in [9.17, 15) is 4.79 Å². The molecule has 0 aliphatic heterocycles. The molecule has 0 radical (unpaired) electrons. The van der Waals surface area contributed by atoms with Crippen molar-refractivity contribution >= 4 is 17.3 Å². The quantitative estimate of drug-likeness (QED) is 0.877. The number of aryl methyl sites for hydroxylation is 1. The fourth-order valence-electron chi connectivity index (χ4n) is 2.04. The van der Waals surface area contributed by atoms with E-state index >= 15 is 0 Å². The molecule has 1 fully saturated rings. The predicted octanol–water partition coefficient (Wildman–Crippen LogP) is 2.38. The van der Waals surface area contributed by atoms with Gasteiger partial charge in [0.25, 0.3) is 0 Å². The summed E-state index contributed by atoms with van der Waals surface area (Å²) in [6.45, 7) is 0.656. The van der Waals surface area contributed by atoms with Crippen molar-refractivity contribution in [2.75, 3.05) is 10.6 Å². The summed E-state index contributed by atoms with van der Waals surface area (Å²) in [6.07, 6.45) is 5.73. The first-order valence-corrected chi connectivity index (χ1v) is 6.83. The number of hydrogen-bond donors (Lipinski definition) is 2. The van der Waals surface area contributed by atoms with E-state index in [1.807, 2.05) is 42.1 Å². The molecule has 1 aliphatic carbocycles. The third-order valence-electron chi connectivity index (χ3n) is 3.45. The molecule has 5 heteroatoms. The molecular weight excluding hydrogens is 252 g/mol. The maximum Gasteiger partial charge on any atom is 0.227 e. The highest BCUT2D eigenvalue weighted by atomic mass is 16.2. The summed E-state index contributed by atoms with van der Waals surface area (Å²) >= 11 is 0. The van der Waals surface area contributed by atoms with Gasteiger partial charge in [0.15, 0.2) is 0 Å². The molecule has 1 aromatic carbocycles. The lowest BCUT2D eigenvalue weighted by Crippen LogP contribution is -2.13. The Labute approximate surface area is 118 Å². The van der Waals surface area contributed by atoms with Crippen molar-refractivity contribution in [3.05, 3.63) is 42.5 Å². The maximum absolute atomic E-state index is 11.7. The topological polar surface area (TPSA) is 59.0 Å². The summed E-state index contributed by atoms with van der Waals surface area (Å²) in [5, 5.41) is 6.26. The van der Waals surface area contributed by atoms with Gasteiger partial charge in [-0.25, -0.2) is 4.98 Å². The first-order chi connectivity index (χ1) is 9.72. The second-order valence-corrected chi connectivity index (χ2v) is 5.15. The minimum Gasteiger partial charge on any atom is -0.378 e. The number of rotatable bonds is 5. The van der Waals surface area contributed by atoms with Gasteiger partial charge < -0.3 is 15.2 Å². The van der Waals surface area contributed by atoms with Crippen molar-refractivity contribution < 1.29 is 4.79 Å². The second-order valence-electron chi connectivity index (χ2n) is 5.15. The fraction of sp³-hybridized carbons (Fsp3) is 0.333. The van der Waals surface area contributed by atoms with Gasteiger partial charge in [0.1, 0.15) is 5.82 Å². The lowest BCUT2D eigenvalue weighted by Gasteiger charge is -2.09. The van der Waals surface area contributed by atoms with E-state index in [2.05, 4.69) is 15.6 Å². The van der Waals surface area contributed by atoms with Gasteiger partial charge in [-0.15, -0.1) is 0 Å². The molecular formula is C15H18N4O. The number of benzene rings is 1. The fourth-order valence-corrected chi connectivity index (χ4v) is 2.04. The highest BCUT2D eigenvalue weighted by Gasteiger charge is 2.29. The molecule has 1 aliphatic rings. The van der Waals surface area contributed by atoms with Crippen LogP contribution in [0.4, 0.5) is 11.4 Å². The van der Waals surface area contributed by atoms with Gasteiger partial charge >= 0.3 is 0 Å². The largest absolute Gasteiger partial charge is 0.378 e. The van der Waals surface area contributed by atoms with E-state index in [-0.39, 0.29) is 11.8 Å². The van der Waals surface area contributed by atoms with Crippen LogP contribution >= 0.6 is 0 Å². The average molecular weight is 270 g/mol. The standard InChI is InChI=1S/C15H18N4O/c1-19-8-7-16-14(19)10-17-12-3-2-4-13(9-12)18-15(20)11-5-6-11/h2-4,7-9,11,17H,5-6,10H2,1H3,(H,18,20). The van der Waals surface area contributed by atoms with E-state index in [0.29, 0.717) is 6.54 Å². The smallest absolute Gasteiger partial charge is 0.227 e. The molecule has 0 atom stereocenters. The number of anilines is 2. The Balaban J connectivity index is 1.62. The Morgan fingerprint density at radius 1 is 1.40 bits per heavy atom. The van der Waals surface area contributed by atoms with E-state index in [1.54, 1.807) is 6.20 Å². The lowest BCUT2D eigenvalue weighted by molar-refractivity contribution is -0.117. The van der Waals surface area contributed by atoms with Crippen LogP contribution in [0, 0.1) is 5.92 Å². The summed E-state index contributed by atoms with van der Waals surface area (Å²) in [5.41, 5.74) is 1.81. The van der Waals surface area contributed by atoms with Gasteiger partial charge in [0.2, 0.25) is 5.91 Å². The van der Waals surface area contributed by atoms with Crippen LogP contribution in [0.15, 0.2) is 36.7 Å². The number of hydrogen-bond acceptors (Lipinski definition) is 3. The van der Waals surface area contributed by atoms with Crippen LogP contribution in [0.2, 0.25) is 0 Å². The minimum atomic E-state index is 0.131. The van der Waals surface area contributed by atoms with Crippen molar-refractivity contribution in [3.8, 4) is 0 Å². The summed E-state index contributed by atoms with van der Waals surface area (Å²) in [5.74, 6) is 1.32. The molecule has 1 aromatic heterocycles. The molecule has 0 spiro atoms. The van der Waals surface area contributed by atoms with Gasteiger partial charge in [-0.05, 0) is 31.0 Å². The number of nitrogens with zero attached hydrogens (tertiary/aromatic N) is 2. The van der Waals surface area contributed by atoms with Crippen molar-refractivity contribution in [1.82, 2.24) is 9.55 Å². The van der Waals surface area contributed by atoms with Crippen LogP contribution < -0.4 is 10.6 Å². The van der Waals surface area contributed by atoms with Crippen LogP contribution in [-0.2, 0) is 18.4 Å². The van der Waals surface area contributed by atoms with Crippen LogP contribution in [0.5, 0.6) is 0 Å². The zero-order chi connectivity index (χ0) is 13.9. The Morgan fingerprint density at radius 2 is 2.20 bits per heavy atom. The van der Waals surface area contributed by atoms with Crippen molar-refractivity contribution in [2.45, 2.75) is 19.4 Å². The van der Waals surface area contributed by atoms with Crippen LogP contribution in [-0.4, -0.2) is 15.5 Å². The Bertz CT molecular complexity index is 616. The third-order valence-corrected chi connectivity index (χ3v) is 3.45. The number of nitrogens with one attached hydrogen (secondary N) is 2. The molecule has 1 heterocycles. The number of imidazole rings is 1. The molecule has 20 heavy (non-hydrogen) atoms. The van der Waals surface area contributed by atoms with Crippen LogP contribution in [0.25, 0.3) is 0 Å². The third kappa shape index (κ3) is 2.99.